The molecule has 1 N–H and O–H groups in total. The van der Waals surface area contributed by atoms with Crippen LogP contribution in [0.4, 0.5) is 0 Å². The number of benzene rings is 2. The summed E-state index contributed by atoms with van der Waals surface area (Å²) in [7, 11) is 0. The molecule has 0 spiro atoms. The summed E-state index contributed by atoms with van der Waals surface area (Å²) in [5.74, 6) is -0.589. The standard InChI is InChI=1S/C20H22N2O2/c1-5-15-10-9-13-17(14-15)19(24)22(20(2,3)4)21-18(23)16-11-7-6-8-12-16/h5-14H,1H2,2-4H3,(H,21,23). The Morgan fingerprint density at radius 1 is 1.00 bits per heavy atom. The van der Waals surface area contributed by atoms with Crippen LogP contribution < -0.4 is 5.43 Å². The maximum Gasteiger partial charge on any atom is 0.272 e. The van der Waals surface area contributed by atoms with E-state index in [1.165, 1.54) is 5.01 Å². The Kier molecular flexibility index (Phi) is 5.19. The lowest BCUT2D eigenvalue weighted by Gasteiger charge is -2.35. The molecule has 0 saturated carbocycles. The summed E-state index contributed by atoms with van der Waals surface area (Å²) in [6.45, 7) is 9.32. The lowest BCUT2D eigenvalue weighted by atomic mass is 10.0. The largest absolute Gasteiger partial charge is 0.272 e. The highest BCUT2D eigenvalue weighted by molar-refractivity contribution is 5.99. The van der Waals surface area contributed by atoms with Gasteiger partial charge in [-0.15, -0.1) is 0 Å². The Balaban J connectivity index is 2.30. The van der Waals surface area contributed by atoms with Crippen LogP contribution in [0, 0.1) is 0 Å². The average molecular weight is 322 g/mol. The highest BCUT2D eigenvalue weighted by Crippen LogP contribution is 2.17. The molecule has 24 heavy (non-hydrogen) atoms. The zero-order valence-electron chi connectivity index (χ0n) is 14.2. The van der Waals surface area contributed by atoms with E-state index in [9.17, 15) is 9.59 Å². The minimum absolute atomic E-state index is 0.268. The molecule has 2 rings (SSSR count). The Labute approximate surface area is 142 Å². The van der Waals surface area contributed by atoms with Crippen LogP contribution >= 0.6 is 0 Å². The molecule has 4 nitrogen and oxygen atoms in total. The number of nitrogens with zero attached hydrogens (tertiary/aromatic N) is 1. The van der Waals surface area contributed by atoms with Gasteiger partial charge in [-0.05, 0) is 50.6 Å². The van der Waals surface area contributed by atoms with Gasteiger partial charge < -0.3 is 0 Å². The molecule has 0 aliphatic rings. The second kappa shape index (κ2) is 7.13. The first-order valence-corrected chi connectivity index (χ1v) is 7.76. The first-order chi connectivity index (χ1) is 11.3. The molecule has 0 saturated heterocycles. The van der Waals surface area contributed by atoms with Gasteiger partial charge in [-0.2, -0.15) is 0 Å². The molecule has 0 aliphatic heterocycles. The summed E-state index contributed by atoms with van der Waals surface area (Å²) < 4.78 is 0. The SMILES string of the molecule is C=Cc1cccc(C(=O)N(NC(=O)c2ccccc2)C(C)(C)C)c1. The van der Waals surface area contributed by atoms with Crippen LogP contribution in [0.15, 0.2) is 61.2 Å². The molecule has 0 radical (unpaired) electrons. The van der Waals surface area contributed by atoms with Crippen molar-refractivity contribution >= 4 is 17.9 Å². The van der Waals surface area contributed by atoms with Crippen LogP contribution in [-0.4, -0.2) is 22.4 Å². The molecule has 0 atom stereocenters. The zero-order chi connectivity index (χ0) is 17.7. The summed E-state index contributed by atoms with van der Waals surface area (Å²) in [6.07, 6.45) is 1.68. The Morgan fingerprint density at radius 2 is 1.62 bits per heavy atom. The molecule has 2 aromatic carbocycles. The molecule has 124 valence electrons. The summed E-state index contributed by atoms with van der Waals surface area (Å²) in [6, 6.07) is 16.0. The van der Waals surface area contributed by atoms with Crippen LogP contribution in [-0.2, 0) is 0 Å². The number of hydrogen-bond acceptors (Lipinski definition) is 2. The summed E-state index contributed by atoms with van der Waals surface area (Å²) in [4.78, 5) is 25.3. The van der Waals surface area contributed by atoms with Gasteiger partial charge in [0.2, 0.25) is 0 Å². The van der Waals surface area contributed by atoms with Gasteiger partial charge in [-0.1, -0.05) is 43.0 Å². The smallest absolute Gasteiger partial charge is 0.267 e. The maximum atomic E-state index is 12.9. The Bertz CT molecular complexity index is 746. The third kappa shape index (κ3) is 4.10. The van der Waals surface area contributed by atoms with Crippen molar-refractivity contribution in [2.75, 3.05) is 0 Å². The number of carbonyl (C=O) groups is 2. The monoisotopic (exact) mass is 322 g/mol. The first-order valence-electron chi connectivity index (χ1n) is 7.76. The van der Waals surface area contributed by atoms with Gasteiger partial charge in [-0.25, -0.2) is 5.01 Å². The summed E-state index contributed by atoms with van der Waals surface area (Å²) >= 11 is 0. The third-order valence-corrected chi connectivity index (χ3v) is 3.49. The van der Waals surface area contributed by atoms with E-state index in [1.807, 2.05) is 32.9 Å². The van der Waals surface area contributed by atoms with Crippen molar-refractivity contribution in [3.8, 4) is 0 Å². The number of hydrogen-bond donors (Lipinski definition) is 1. The molecule has 0 fully saturated rings. The minimum atomic E-state index is -0.578. The van der Waals surface area contributed by atoms with E-state index in [2.05, 4.69) is 12.0 Å². The van der Waals surface area contributed by atoms with E-state index >= 15 is 0 Å². The van der Waals surface area contributed by atoms with Crippen LogP contribution in [0.25, 0.3) is 6.08 Å². The van der Waals surface area contributed by atoms with Crippen molar-refractivity contribution < 1.29 is 9.59 Å². The molecule has 0 unspecified atom stereocenters. The Hall–Kier alpha value is -2.88. The van der Waals surface area contributed by atoms with Crippen LogP contribution in [0.2, 0.25) is 0 Å². The number of carbonyl (C=O) groups excluding carboxylic acids is 2. The molecular weight excluding hydrogens is 300 g/mol. The van der Waals surface area contributed by atoms with Crippen molar-refractivity contribution in [3.63, 3.8) is 0 Å². The quantitative estimate of drug-likeness (QED) is 0.871. The average Bonchev–Trinajstić information content (AvgIpc) is 2.58. The van der Waals surface area contributed by atoms with Gasteiger partial charge in [0.05, 0.1) is 5.54 Å². The molecule has 0 bridgehead atoms. The van der Waals surface area contributed by atoms with Gasteiger partial charge >= 0.3 is 0 Å². The lowest BCUT2D eigenvalue weighted by molar-refractivity contribution is 0.0358. The molecule has 0 aliphatic carbocycles. The van der Waals surface area contributed by atoms with E-state index < -0.39 is 5.54 Å². The van der Waals surface area contributed by atoms with Gasteiger partial charge in [0.15, 0.2) is 0 Å². The molecule has 0 heterocycles. The highest BCUT2D eigenvalue weighted by Gasteiger charge is 2.29. The fourth-order valence-electron chi connectivity index (χ4n) is 2.21. The van der Waals surface area contributed by atoms with Crippen molar-refractivity contribution in [1.82, 2.24) is 10.4 Å². The third-order valence-electron chi connectivity index (χ3n) is 3.49. The first kappa shape index (κ1) is 17.5. The van der Waals surface area contributed by atoms with Crippen LogP contribution in [0.1, 0.15) is 47.1 Å². The van der Waals surface area contributed by atoms with Gasteiger partial charge in [0.1, 0.15) is 0 Å². The van der Waals surface area contributed by atoms with Crippen LogP contribution in [0.3, 0.4) is 0 Å². The number of nitrogens with one attached hydrogen (secondary N) is 1. The minimum Gasteiger partial charge on any atom is -0.267 e. The van der Waals surface area contributed by atoms with E-state index in [0.717, 1.165) is 5.56 Å². The number of rotatable bonds is 3. The normalized spacial score (nSPS) is 10.8. The Morgan fingerprint density at radius 3 is 2.21 bits per heavy atom. The van der Waals surface area contributed by atoms with Crippen molar-refractivity contribution in [2.24, 2.45) is 0 Å². The predicted molar refractivity (Wildman–Crippen MR) is 96.4 cm³/mol. The second-order valence-corrected chi connectivity index (χ2v) is 6.45. The van der Waals surface area contributed by atoms with Crippen molar-refractivity contribution in [2.45, 2.75) is 26.3 Å². The maximum absolute atomic E-state index is 12.9. The second-order valence-electron chi connectivity index (χ2n) is 6.45. The summed E-state index contributed by atoms with van der Waals surface area (Å²) in [5.41, 5.74) is 4.00. The van der Waals surface area contributed by atoms with Crippen molar-refractivity contribution in [1.29, 1.82) is 0 Å². The molecule has 2 aromatic rings. The topological polar surface area (TPSA) is 49.4 Å². The molecule has 2 amide bonds. The van der Waals surface area contributed by atoms with Crippen molar-refractivity contribution in [3.05, 3.63) is 77.9 Å². The van der Waals surface area contributed by atoms with Crippen LogP contribution in [0.5, 0.6) is 0 Å². The predicted octanol–water partition coefficient (Wildman–Crippen LogP) is 3.92. The zero-order valence-corrected chi connectivity index (χ0v) is 14.2. The fourth-order valence-corrected chi connectivity index (χ4v) is 2.21. The van der Waals surface area contributed by atoms with E-state index in [0.29, 0.717) is 11.1 Å². The van der Waals surface area contributed by atoms with E-state index in [-0.39, 0.29) is 11.8 Å². The number of hydrazine groups is 1. The summed E-state index contributed by atoms with van der Waals surface area (Å²) in [5, 5.41) is 1.37. The van der Waals surface area contributed by atoms with Gasteiger partial charge in [-0.3, -0.25) is 15.0 Å². The molecular formula is C20H22N2O2. The van der Waals surface area contributed by atoms with Gasteiger partial charge in [0.25, 0.3) is 11.8 Å². The highest BCUT2D eigenvalue weighted by atomic mass is 16.2. The van der Waals surface area contributed by atoms with Gasteiger partial charge in [0, 0.05) is 11.1 Å². The van der Waals surface area contributed by atoms with E-state index in [4.69, 9.17) is 0 Å². The fraction of sp³-hybridized carbons (Fsp3) is 0.200. The lowest BCUT2D eigenvalue weighted by Crippen LogP contribution is -2.55. The molecule has 0 aromatic heterocycles. The van der Waals surface area contributed by atoms with E-state index in [1.54, 1.807) is 48.5 Å². The number of amides is 2. The molecule has 4 heteroatoms.